The van der Waals surface area contributed by atoms with Gasteiger partial charge in [-0.05, 0) is 54.6 Å². The number of carbonyl (C=O) groups is 2. The van der Waals surface area contributed by atoms with E-state index in [0.717, 1.165) is 28.5 Å². The molecule has 2 aromatic heterocycles. The quantitative estimate of drug-likeness (QED) is 0.370. The van der Waals surface area contributed by atoms with Gasteiger partial charge in [-0.2, -0.15) is 18.4 Å². The molecule has 10 heteroatoms. The van der Waals surface area contributed by atoms with Crippen LogP contribution in [0.25, 0.3) is 0 Å². The molecule has 164 valence electrons. The average Bonchev–Trinajstić information content (AvgIpc) is 3.24. The number of nitriles is 1. The van der Waals surface area contributed by atoms with Crippen LogP contribution < -0.4 is 5.32 Å². The summed E-state index contributed by atoms with van der Waals surface area (Å²) in [7, 11) is 0. The van der Waals surface area contributed by atoms with Gasteiger partial charge in [0, 0.05) is 5.69 Å². The first-order valence-corrected chi connectivity index (χ1v) is 11.1. The van der Waals surface area contributed by atoms with Crippen LogP contribution >= 0.6 is 23.1 Å². The van der Waals surface area contributed by atoms with Gasteiger partial charge >= 0.3 is 6.18 Å². The molecule has 0 aliphatic heterocycles. The van der Waals surface area contributed by atoms with Crippen molar-refractivity contribution in [3.8, 4) is 6.07 Å². The fourth-order valence-electron chi connectivity index (χ4n) is 2.99. The molecule has 5 nitrogen and oxygen atoms in total. The number of aromatic nitrogens is 1. The van der Waals surface area contributed by atoms with Crippen LogP contribution in [0.15, 0.2) is 46.8 Å². The number of anilines is 1. The number of halogens is 3. The molecule has 2 heterocycles. The van der Waals surface area contributed by atoms with E-state index in [1.807, 2.05) is 19.9 Å². The Balaban J connectivity index is 1.87. The molecule has 1 amide bonds. The Labute approximate surface area is 190 Å². The highest BCUT2D eigenvalue weighted by molar-refractivity contribution is 8.00. The number of carbonyl (C=O) groups excluding carboxylic acids is 2. The molecule has 0 saturated carbocycles. The molecule has 1 aromatic carbocycles. The zero-order valence-electron chi connectivity index (χ0n) is 16.9. The van der Waals surface area contributed by atoms with E-state index in [9.17, 15) is 28.0 Å². The van der Waals surface area contributed by atoms with Crippen molar-refractivity contribution in [2.75, 3.05) is 11.1 Å². The number of aryl methyl sites for hydroxylation is 2. The van der Waals surface area contributed by atoms with Gasteiger partial charge in [-0.25, -0.2) is 4.98 Å². The summed E-state index contributed by atoms with van der Waals surface area (Å²) in [5.74, 6) is -1.58. The van der Waals surface area contributed by atoms with Crippen molar-refractivity contribution in [1.82, 2.24) is 4.98 Å². The van der Waals surface area contributed by atoms with Crippen LogP contribution in [-0.2, 0) is 11.0 Å². The third-order valence-electron chi connectivity index (χ3n) is 4.21. The number of amides is 1. The molecule has 0 bridgehead atoms. The van der Waals surface area contributed by atoms with Gasteiger partial charge in [0.1, 0.15) is 11.1 Å². The van der Waals surface area contributed by atoms with E-state index < -0.39 is 29.1 Å². The molecule has 0 saturated heterocycles. The lowest BCUT2D eigenvalue weighted by Gasteiger charge is -2.14. The number of ketones is 1. The molecule has 0 unspecified atom stereocenters. The maximum absolute atomic E-state index is 13.6. The van der Waals surface area contributed by atoms with Crippen molar-refractivity contribution in [2.45, 2.75) is 25.0 Å². The van der Waals surface area contributed by atoms with Crippen LogP contribution in [0.3, 0.4) is 0 Å². The molecular weight excluding hydrogens is 459 g/mol. The fraction of sp³-hybridized carbons (Fsp3) is 0.182. The van der Waals surface area contributed by atoms with Crippen LogP contribution in [0, 0.1) is 25.2 Å². The Bertz CT molecular complexity index is 1200. The van der Waals surface area contributed by atoms with Gasteiger partial charge in [-0.3, -0.25) is 9.59 Å². The summed E-state index contributed by atoms with van der Waals surface area (Å²) < 4.78 is 40.9. The van der Waals surface area contributed by atoms with Gasteiger partial charge in [0.25, 0.3) is 0 Å². The van der Waals surface area contributed by atoms with Crippen LogP contribution in [0.4, 0.5) is 18.9 Å². The minimum absolute atomic E-state index is 0.106. The van der Waals surface area contributed by atoms with Crippen molar-refractivity contribution in [1.29, 1.82) is 5.26 Å². The highest BCUT2D eigenvalue weighted by atomic mass is 32.2. The predicted octanol–water partition coefficient (Wildman–Crippen LogP) is 5.61. The standard InChI is InChI=1S/C22H16F3N3O2S2/c1-12-6-13(2)8-15(7-12)27-18(29)11-32-21-14(10-26)9-16(20(28-21)22(23,24)25)19(30)17-4-3-5-31-17/h3-9H,11H2,1-2H3,(H,27,29). The maximum Gasteiger partial charge on any atom is 0.434 e. The van der Waals surface area contributed by atoms with Crippen LogP contribution in [0.1, 0.15) is 37.6 Å². The van der Waals surface area contributed by atoms with Crippen LogP contribution in [0.5, 0.6) is 0 Å². The van der Waals surface area contributed by atoms with E-state index in [1.165, 1.54) is 6.07 Å². The summed E-state index contributed by atoms with van der Waals surface area (Å²) >= 11 is 1.70. The number of thioether (sulfide) groups is 1. The van der Waals surface area contributed by atoms with Crippen molar-refractivity contribution in [2.24, 2.45) is 0 Å². The highest BCUT2D eigenvalue weighted by Crippen LogP contribution is 2.35. The van der Waals surface area contributed by atoms with Gasteiger partial charge in [-0.15, -0.1) is 11.3 Å². The maximum atomic E-state index is 13.6. The molecule has 0 radical (unpaired) electrons. The lowest BCUT2D eigenvalue weighted by Crippen LogP contribution is -2.18. The first-order chi connectivity index (χ1) is 15.1. The van der Waals surface area contributed by atoms with Gasteiger partial charge < -0.3 is 5.32 Å². The summed E-state index contributed by atoms with van der Waals surface area (Å²) in [5, 5.41) is 13.4. The number of benzene rings is 1. The second-order valence-corrected chi connectivity index (χ2v) is 8.78. The normalized spacial score (nSPS) is 11.1. The smallest absolute Gasteiger partial charge is 0.325 e. The summed E-state index contributed by atoms with van der Waals surface area (Å²) in [4.78, 5) is 28.5. The van der Waals surface area contributed by atoms with Crippen molar-refractivity contribution >= 4 is 40.5 Å². The zero-order chi connectivity index (χ0) is 23.5. The minimum atomic E-state index is -4.91. The summed E-state index contributed by atoms with van der Waals surface area (Å²) in [6.45, 7) is 3.75. The van der Waals surface area contributed by atoms with Crippen LogP contribution in [0.2, 0.25) is 0 Å². The third-order valence-corrected chi connectivity index (χ3v) is 6.07. The van der Waals surface area contributed by atoms with Gasteiger partial charge in [0.05, 0.1) is 21.8 Å². The Hall–Kier alpha value is -3.16. The number of pyridine rings is 1. The molecule has 0 atom stereocenters. The molecule has 0 aliphatic carbocycles. The third kappa shape index (κ3) is 5.55. The molecule has 0 aliphatic rings. The first-order valence-electron chi connectivity index (χ1n) is 9.20. The molecule has 3 rings (SSSR count). The topological polar surface area (TPSA) is 82.8 Å². The van der Waals surface area contributed by atoms with Crippen molar-refractivity contribution in [3.05, 3.63) is 74.6 Å². The largest absolute Gasteiger partial charge is 0.434 e. The molecule has 3 aromatic rings. The molecule has 32 heavy (non-hydrogen) atoms. The molecular formula is C22H16F3N3O2S2. The summed E-state index contributed by atoms with van der Waals surface area (Å²) in [6.07, 6.45) is -4.91. The van der Waals surface area contributed by atoms with E-state index in [0.29, 0.717) is 17.4 Å². The van der Waals surface area contributed by atoms with Crippen LogP contribution in [-0.4, -0.2) is 22.4 Å². The number of thiophene rings is 1. The molecule has 0 spiro atoms. The molecule has 0 fully saturated rings. The number of hydrogen-bond acceptors (Lipinski definition) is 6. The Kier molecular flexibility index (Phi) is 7.01. The van der Waals surface area contributed by atoms with Gasteiger partial charge in [0.2, 0.25) is 11.7 Å². The summed E-state index contributed by atoms with van der Waals surface area (Å²) in [6, 6.07) is 11.1. The SMILES string of the molecule is Cc1cc(C)cc(NC(=O)CSc2nc(C(F)(F)F)c(C(=O)c3cccs3)cc2C#N)c1. The number of nitrogens with one attached hydrogen (secondary N) is 1. The Morgan fingerprint density at radius 3 is 2.44 bits per heavy atom. The molecule has 1 N–H and O–H groups in total. The zero-order valence-corrected chi connectivity index (χ0v) is 18.5. The number of alkyl halides is 3. The Morgan fingerprint density at radius 1 is 1.19 bits per heavy atom. The van der Waals surface area contributed by atoms with E-state index in [4.69, 9.17) is 0 Å². The van der Waals surface area contributed by atoms with Gasteiger partial charge in [-0.1, -0.05) is 23.9 Å². The average molecular weight is 476 g/mol. The Morgan fingerprint density at radius 2 is 1.88 bits per heavy atom. The minimum Gasteiger partial charge on any atom is -0.325 e. The lowest BCUT2D eigenvalue weighted by molar-refractivity contribution is -0.141. The van der Waals surface area contributed by atoms with Gasteiger partial charge in [0.15, 0.2) is 5.69 Å². The number of rotatable bonds is 6. The number of nitrogens with zero attached hydrogens (tertiary/aromatic N) is 2. The summed E-state index contributed by atoms with van der Waals surface area (Å²) in [5.41, 5.74) is 0.175. The van der Waals surface area contributed by atoms with Crippen molar-refractivity contribution in [3.63, 3.8) is 0 Å². The van der Waals surface area contributed by atoms with E-state index in [1.54, 1.807) is 29.6 Å². The highest BCUT2D eigenvalue weighted by Gasteiger charge is 2.38. The first kappa shape index (κ1) is 23.5. The van der Waals surface area contributed by atoms with E-state index in [2.05, 4.69) is 10.3 Å². The lowest BCUT2D eigenvalue weighted by atomic mass is 10.1. The number of hydrogen-bond donors (Lipinski definition) is 1. The van der Waals surface area contributed by atoms with Crippen molar-refractivity contribution < 1.29 is 22.8 Å². The predicted molar refractivity (Wildman–Crippen MR) is 117 cm³/mol. The second kappa shape index (κ2) is 9.54. The second-order valence-electron chi connectivity index (χ2n) is 6.87. The van der Waals surface area contributed by atoms with E-state index in [-0.39, 0.29) is 21.2 Å². The fourth-order valence-corrected chi connectivity index (χ4v) is 4.43. The monoisotopic (exact) mass is 475 g/mol. The van der Waals surface area contributed by atoms with E-state index >= 15 is 0 Å².